The number of likely N-dealkylation sites (tertiary alicyclic amines) is 1. The second-order valence-electron chi connectivity index (χ2n) is 3.36. The zero-order valence-electron chi connectivity index (χ0n) is 8.32. The summed E-state index contributed by atoms with van der Waals surface area (Å²) in [5.41, 5.74) is 0. The van der Waals surface area contributed by atoms with Crippen LogP contribution in [-0.2, 0) is 9.59 Å². The van der Waals surface area contributed by atoms with Crippen LogP contribution in [0.15, 0.2) is 0 Å². The number of rotatable bonds is 4. The molecule has 1 atom stereocenters. The van der Waals surface area contributed by atoms with Gasteiger partial charge >= 0.3 is 5.97 Å². The molecule has 0 spiro atoms. The standard InChI is InChI=1S/C9H16N2O3/c1-2-10-6-8(12)11-5-3-4-7(11)9(13)14/h7,10H,2-6H2,1H3,(H,13,14)/t7-/m1/s1. The first-order chi connectivity index (χ1) is 6.66. The Morgan fingerprint density at radius 1 is 1.57 bits per heavy atom. The Morgan fingerprint density at radius 3 is 2.86 bits per heavy atom. The highest BCUT2D eigenvalue weighted by molar-refractivity contribution is 5.85. The Balaban J connectivity index is 2.49. The molecule has 14 heavy (non-hydrogen) atoms. The summed E-state index contributed by atoms with van der Waals surface area (Å²) in [7, 11) is 0. The molecular weight excluding hydrogens is 184 g/mol. The van der Waals surface area contributed by atoms with E-state index in [1.807, 2.05) is 6.92 Å². The van der Waals surface area contributed by atoms with Crippen molar-refractivity contribution in [2.24, 2.45) is 0 Å². The summed E-state index contributed by atoms with van der Waals surface area (Å²) < 4.78 is 0. The van der Waals surface area contributed by atoms with Crippen molar-refractivity contribution in [2.75, 3.05) is 19.6 Å². The molecule has 1 saturated heterocycles. The number of carbonyl (C=O) groups is 2. The number of likely N-dealkylation sites (N-methyl/N-ethyl adjacent to an activating group) is 1. The molecule has 0 aliphatic carbocycles. The fraction of sp³-hybridized carbons (Fsp3) is 0.778. The molecule has 1 amide bonds. The van der Waals surface area contributed by atoms with Crippen molar-refractivity contribution >= 4 is 11.9 Å². The van der Waals surface area contributed by atoms with Gasteiger partial charge in [0, 0.05) is 6.54 Å². The molecule has 1 rings (SSSR count). The van der Waals surface area contributed by atoms with Crippen molar-refractivity contribution in [1.82, 2.24) is 10.2 Å². The maximum atomic E-state index is 11.5. The molecule has 0 aromatic carbocycles. The topological polar surface area (TPSA) is 69.6 Å². The van der Waals surface area contributed by atoms with Crippen LogP contribution in [0.2, 0.25) is 0 Å². The van der Waals surface area contributed by atoms with Crippen molar-refractivity contribution in [3.05, 3.63) is 0 Å². The normalized spacial score (nSPS) is 21.2. The van der Waals surface area contributed by atoms with Gasteiger partial charge in [0.25, 0.3) is 0 Å². The van der Waals surface area contributed by atoms with Gasteiger partial charge in [-0.25, -0.2) is 4.79 Å². The van der Waals surface area contributed by atoms with E-state index in [-0.39, 0.29) is 12.5 Å². The average molecular weight is 200 g/mol. The molecule has 0 aromatic rings. The second kappa shape index (κ2) is 4.95. The van der Waals surface area contributed by atoms with Crippen LogP contribution in [0.5, 0.6) is 0 Å². The lowest BCUT2D eigenvalue weighted by Gasteiger charge is -2.21. The third-order valence-corrected chi connectivity index (χ3v) is 2.38. The highest BCUT2D eigenvalue weighted by atomic mass is 16.4. The Labute approximate surface area is 83.1 Å². The molecule has 0 saturated carbocycles. The summed E-state index contributed by atoms with van der Waals surface area (Å²) in [6.45, 7) is 3.44. The van der Waals surface area contributed by atoms with Gasteiger partial charge in [-0.1, -0.05) is 6.92 Å². The highest BCUT2D eigenvalue weighted by Gasteiger charge is 2.33. The summed E-state index contributed by atoms with van der Waals surface area (Å²) in [5.74, 6) is -1.01. The summed E-state index contributed by atoms with van der Waals surface area (Å²) in [6, 6.07) is -0.610. The third kappa shape index (κ3) is 2.45. The fourth-order valence-electron chi connectivity index (χ4n) is 1.66. The van der Waals surface area contributed by atoms with E-state index in [4.69, 9.17) is 5.11 Å². The van der Waals surface area contributed by atoms with Crippen LogP contribution in [0.25, 0.3) is 0 Å². The summed E-state index contributed by atoms with van der Waals surface area (Å²) >= 11 is 0. The molecule has 1 aliphatic heterocycles. The minimum absolute atomic E-state index is 0.114. The molecule has 2 N–H and O–H groups in total. The SMILES string of the molecule is CCNCC(=O)N1CCC[C@@H]1C(=O)O. The smallest absolute Gasteiger partial charge is 0.326 e. The number of nitrogens with one attached hydrogen (secondary N) is 1. The van der Waals surface area contributed by atoms with Gasteiger partial charge in [-0.2, -0.15) is 0 Å². The highest BCUT2D eigenvalue weighted by Crippen LogP contribution is 2.16. The lowest BCUT2D eigenvalue weighted by atomic mass is 10.2. The average Bonchev–Trinajstić information content (AvgIpc) is 2.62. The van der Waals surface area contributed by atoms with Crippen molar-refractivity contribution in [3.63, 3.8) is 0 Å². The quantitative estimate of drug-likeness (QED) is 0.652. The third-order valence-electron chi connectivity index (χ3n) is 2.38. The number of nitrogens with zero attached hydrogens (tertiary/aromatic N) is 1. The van der Waals surface area contributed by atoms with E-state index in [0.717, 1.165) is 13.0 Å². The molecule has 80 valence electrons. The number of carboxylic acid groups (broad SMARTS) is 1. The Morgan fingerprint density at radius 2 is 2.29 bits per heavy atom. The zero-order chi connectivity index (χ0) is 10.6. The van der Waals surface area contributed by atoms with E-state index in [2.05, 4.69) is 5.32 Å². The predicted molar refractivity (Wildman–Crippen MR) is 50.9 cm³/mol. The number of hydrogen-bond donors (Lipinski definition) is 2. The van der Waals surface area contributed by atoms with E-state index < -0.39 is 12.0 Å². The maximum Gasteiger partial charge on any atom is 0.326 e. The molecule has 1 heterocycles. The molecule has 0 bridgehead atoms. The van der Waals surface area contributed by atoms with Crippen LogP contribution in [-0.4, -0.2) is 47.6 Å². The van der Waals surface area contributed by atoms with Crippen molar-refractivity contribution < 1.29 is 14.7 Å². The van der Waals surface area contributed by atoms with Gasteiger partial charge in [0.05, 0.1) is 6.54 Å². The first-order valence-corrected chi connectivity index (χ1v) is 4.89. The van der Waals surface area contributed by atoms with Crippen LogP contribution >= 0.6 is 0 Å². The van der Waals surface area contributed by atoms with Crippen LogP contribution < -0.4 is 5.32 Å². The molecule has 5 nitrogen and oxygen atoms in total. The van der Waals surface area contributed by atoms with Gasteiger partial charge in [-0.15, -0.1) is 0 Å². The van der Waals surface area contributed by atoms with Crippen molar-refractivity contribution in [3.8, 4) is 0 Å². The molecule has 1 aliphatic rings. The second-order valence-corrected chi connectivity index (χ2v) is 3.36. The van der Waals surface area contributed by atoms with Crippen molar-refractivity contribution in [2.45, 2.75) is 25.8 Å². The molecule has 0 unspecified atom stereocenters. The van der Waals surface area contributed by atoms with E-state index >= 15 is 0 Å². The van der Waals surface area contributed by atoms with Crippen LogP contribution in [0, 0.1) is 0 Å². The molecule has 1 fully saturated rings. The maximum absolute atomic E-state index is 11.5. The van der Waals surface area contributed by atoms with Gasteiger partial charge in [0.2, 0.25) is 5.91 Å². The lowest BCUT2D eigenvalue weighted by Crippen LogP contribution is -2.44. The van der Waals surface area contributed by atoms with E-state index in [1.165, 1.54) is 4.90 Å². The van der Waals surface area contributed by atoms with E-state index in [9.17, 15) is 9.59 Å². The lowest BCUT2D eigenvalue weighted by molar-refractivity contribution is -0.147. The monoisotopic (exact) mass is 200 g/mol. The van der Waals surface area contributed by atoms with E-state index in [1.54, 1.807) is 0 Å². The number of carbonyl (C=O) groups excluding carboxylic acids is 1. The number of amides is 1. The molecule has 0 radical (unpaired) electrons. The van der Waals surface area contributed by atoms with Crippen molar-refractivity contribution in [1.29, 1.82) is 0 Å². The van der Waals surface area contributed by atoms with Crippen LogP contribution in [0.3, 0.4) is 0 Å². The molecule has 5 heteroatoms. The zero-order valence-corrected chi connectivity index (χ0v) is 8.32. The van der Waals surface area contributed by atoms with Gasteiger partial charge < -0.3 is 15.3 Å². The largest absolute Gasteiger partial charge is 0.480 e. The van der Waals surface area contributed by atoms with Gasteiger partial charge in [0.15, 0.2) is 0 Å². The first-order valence-electron chi connectivity index (χ1n) is 4.89. The fourth-order valence-corrected chi connectivity index (χ4v) is 1.66. The number of aliphatic carboxylic acids is 1. The van der Waals surface area contributed by atoms with Crippen LogP contribution in [0.4, 0.5) is 0 Å². The Bertz CT molecular complexity index is 230. The minimum Gasteiger partial charge on any atom is -0.480 e. The number of carboxylic acids is 1. The van der Waals surface area contributed by atoms with Gasteiger partial charge in [-0.05, 0) is 19.4 Å². The molecular formula is C9H16N2O3. The van der Waals surface area contributed by atoms with Gasteiger partial charge in [-0.3, -0.25) is 4.79 Å². The Kier molecular flexibility index (Phi) is 3.88. The Hall–Kier alpha value is -1.10. The minimum atomic E-state index is -0.896. The summed E-state index contributed by atoms with van der Waals surface area (Å²) in [5, 5.41) is 11.7. The predicted octanol–water partition coefficient (Wildman–Crippen LogP) is -0.328. The van der Waals surface area contributed by atoms with Crippen LogP contribution in [0.1, 0.15) is 19.8 Å². The first kappa shape index (κ1) is 11.0. The summed E-state index contributed by atoms with van der Waals surface area (Å²) in [4.78, 5) is 23.7. The van der Waals surface area contributed by atoms with Gasteiger partial charge in [0.1, 0.15) is 6.04 Å². The molecule has 0 aromatic heterocycles. The van der Waals surface area contributed by atoms with E-state index in [0.29, 0.717) is 13.0 Å². The number of hydrogen-bond acceptors (Lipinski definition) is 3. The summed E-state index contributed by atoms with van der Waals surface area (Å²) in [6.07, 6.45) is 1.36.